The third kappa shape index (κ3) is 4.30. The Kier molecular flexibility index (Phi) is 6.41. The van der Waals surface area contributed by atoms with Crippen molar-refractivity contribution in [2.45, 2.75) is 19.9 Å². The van der Waals surface area contributed by atoms with Crippen LogP contribution in [-0.2, 0) is 13.0 Å². The van der Waals surface area contributed by atoms with Crippen molar-refractivity contribution in [1.29, 1.82) is 0 Å². The van der Waals surface area contributed by atoms with Crippen molar-refractivity contribution in [3.8, 4) is 34.0 Å². The number of aromatic nitrogens is 2. The van der Waals surface area contributed by atoms with Gasteiger partial charge >= 0.3 is 0 Å². The molecule has 0 aliphatic heterocycles. The van der Waals surface area contributed by atoms with Crippen molar-refractivity contribution < 1.29 is 9.47 Å². The van der Waals surface area contributed by atoms with Gasteiger partial charge in [-0.15, -0.1) is 0 Å². The molecule has 0 amide bonds. The first-order valence-corrected chi connectivity index (χ1v) is 10.8. The summed E-state index contributed by atoms with van der Waals surface area (Å²) in [5, 5.41) is 5.10. The van der Waals surface area contributed by atoms with E-state index in [1.807, 2.05) is 36.4 Å². The summed E-state index contributed by atoms with van der Waals surface area (Å²) in [4.78, 5) is 0. The molecular weight excluding hydrogens is 396 g/mol. The molecule has 4 rings (SSSR count). The van der Waals surface area contributed by atoms with Crippen molar-refractivity contribution in [2.75, 3.05) is 14.2 Å². The van der Waals surface area contributed by atoms with E-state index in [0.29, 0.717) is 6.54 Å². The molecule has 0 fully saturated rings. The van der Waals surface area contributed by atoms with Crippen LogP contribution >= 0.6 is 0 Å². The molecule has 0 radical (unpaired) electrons. The van der Waals surface area contributed by atoms with Gasteiger partial charge in [0.15, 0.2) is 0 Å². The molecule has 0 spiro atoms. The predicted octanol–water partition coefficient (Wildman–Crippen LogP) is 6.49. The Morgan fingerprint density at radius 1 is 0.875 bits per heavy atom. The normalized spacial score (nSPS) is 10.7. The first-order chi connectivity index (χ1) is 15.7. The van der Waals surface area contributed by atoms with Crippen molar-refractivity contribution in [3.63, 3.8) is 0 Å². The number of hydrogen-bond donors (Lipinski definition) is 0. The standard InChI is InChI=1S/C28H28N2O2/c1-5-20-13-15-21(16-14-20)19-30-28(23-10-8-12-25(18-23)32-4)26(6-2)27(29-30)22-9-7-11-24(17-22)31-3/h5,7-18H,1,6,19H2,2-4H3. The van der Waals surface area contributed by atoms with E-state index in [2.05, 4.69) is 60.6 Å². The van der Waals surface area contributed by atoms with Gasteiger partial charge in [0, 0.05) is 16.7 Å². The van der Waals surface area contributed by atoms with E-state index in [1.54, 1.807) is 14.2 Å². The predicted molar refractivity (Wildman–Crippen MR) is 131 cm³/mol. The molecule has 3 aromatic carbocycles. The van der Waals surface area contributed by atoms with Crippen LogP contribution in [0, 0.1) is 0 Å². The third-order valence-corrected chi connectivity index (χ3v) is 5.64. The summed E-state index contributed by atoms with van der Waals surface area (Å²) in [6, 6.07) is 24.7. The Hall–Kier alpha value is -3.79. The molecule has 4 nitrogen and oxygen atoms in total. The summed E-state index contributed by atoms with van der Waals surface area (Å²) < 4.78 is 13.1. The van der Waals surface area contributed by atoms with Crippen molar-refractivity contribution in [2.24, 2.45) is 0 Å². The number of nitrogens with zero attached hydrogens (tertiary/aromatic N) is 2. The zero-order valence-corrected chi connectivity index (χ0v) is 18.8. The second-order valence-corrected chi connectivity index (χ2v) is 7.60. The van der Waals surface area contributed by atoms with Gasteiger partial charge in [-0.05, 0) is 41.8 Å². The van der Waals surface area contributed by atoms with Gasteiger partial charge in [0.1, 0.15) is 11.5 Å². The van der Waals surface area contributed by atoms with Gasteiger partial charge in [-0.1, -0.05) is 68.1 Å². The van der Waals surface area contributed by atoms with Gasteiger partial charge in [-0.25, -0.2) is 0 Å². The van der Waals surface area contributed by atoms with E-state index in [9.17, 15) is 0 Å². The molecule has 0 bridgehead atoms. The summed E-state index contributed by atoms with van der Waals surface area (Å²) in [7, 11) is 3.38. The first kappa shape index (κ1) is 21.4. The highest BCUT2D eigenvalue weighted by Crippen LogP contribution is 2.35. The molecule has 4 aromatic rings. The van der Waals surface area contributed by atoms with Crippen LogP contribution in [0.3, 0.4) is 0 Å². The van der Waals surface area contributed by atoms with Gasteiger partial charge in [-0.3, -0.25) is 4.68 Å². The van der Waals surface area contributed by atoms with E-state index in [0.717, 1.165) is 46.0 Å². The number of hydrogen-bond acceptors (Lipinski definition) is 3. The molecule has 0 aliphatic rings. The minimum Gasteiger partial charge on any atom is -0.497 e. The van der Waals surface area contributed by atoms with Gasteiger partial charge in [0.2, 0.25) is 0 Å². The van der Waals surface area contributed by atoms with Gasteiger partial charge < -0.3 is 9.47 Å². The van der Waals surface area contributed by atoms with Crippen LogP contribution < -0.4 is 9.47 Å². The molecule has 0 saturated heterocycles. The average Bonchev–Trinajstić information content (AvgIpc) is 3.22. The van der Waals surface area contributed by atoms with Crippen LogP contribution in [0.25, 0.3) is 28.6 Å². The second-order valence-electron chi connectivity index (χ2n) is 7.60. The second kappa shape index (κ2) is 9.56. The minimum absolute atomic E-state index is 0.668. The number of methoxy groups -OCH3 is 2. The zero-order valence-electron chi connectivity index (χ0n) is 18.8. The molecule has 1 heterocycles. The monoisotopic (exact) mass is 424 g/mol. The van der Waals surface area contributed by atoms with Crippen LogP contribution in [0.1, 0.15) is 23.6 Å². The minimum atomic E-state index is 0.668. The SMILES string of the molecule is C=Cc1ccc(Cn2nc(-c3cccc(OC)c3)c(CC)c2-c2cccc(OC)c2)cc1. The Bertz CT molecular complexity index is 1220. The maximum Gasteiger partial charge on any atom is 0.119 e. The van der Waals surface area contributed by atoms with E-state index in [4.69, 9.17) is 14.6 Å². The van der Waals surface area contributed by atoms with Crippen LogP contribution in [0.15, 0.2) is 79.4 Å². The third-order valence-electron chi connectivity index (χ3n) is 5.64. The zero-order chi connectivity index (χ0) is 22.5. The quantitative estimate of drug-likeness (QED) is 0.324. The fourth-order valence-electron chi connectivity index (χ4n) is 3.98. The molecule has 4 heteroatoms. The molecule has 32 heavy (non-hydrogen) atoms. The number of rotatable bonds is 8. The van der Waals surface area contributed by atoms with Crippen LogP contribution in [0.5, 0.6) is 11.5 Å². The molecule has 0 N–H and O–H groups in total. The maximum atomic E-state index is 5.50. The fraction of sp³-hybridized carbons (Fsp3) is 0.179. The Labute approximate surface area is 189 Å². The molecule has 0 atom stereocenters. The van der Waals surface area contributed by atoms with Crippen molar-refractivity contribution in [1.82, 2.24) is 9.78 Å². The number of benzene rings is 3. The van der Waals surface area contributed by atoms with Crippen LogP contribution in [0.2, 0.25) is 0 Å². The molecule has 162 valence electrons. The summed E-state index contributed by atoms with van der Waals surface area (Å²) in [5.74, 6) is 1.65. The summed E-state index contributed by atoms with van der Waals surface area (Å²) in [6.07, 6.45) is 2.71. The average molecular weight is 425 g/mol. The van der Waals surface area contributed by atoms with Gasteiger partial charge in [0.05, 0.1) is 32.2 Å². The summed E-state index contributed by atoms with van der Waals surface area (Å²) in [6.45, 7) is 6.69. The molecule has 0 saturated carbocycles. The molecule has 0 unspecified atom stereocenters. The Morgan fingerprint density at radius 2 is 1.50 bits per heavy atom. The Balaban J connectivity index is 1.89. The molecule has 1 aromatic heterocycles. The lowest BCUT2D eigenvalue weighted by atomic mass is 9.99. The van der Waals surface area contributed by atoms with E-state index < -0.39 is 0 Å². The molecule has 0 aliphatic carbocycles. The van der Waals surface area contributed by atoms with Crippen LogP contribution in [0.4, 0.5) is 0 Å². The van der Waals surface area contributed by atoms with Gasteiger partial charge in [-0.2, -0.15) is 5.10 Å². The highest BCUT2D eigenvalue weighted by Gasteiger charge is 2.20. The van der Waals surface area contributed by atoms with E-state index >= 15 is 0 Å². The highest BCUT2D eigenvalue weighted by atomic mass is 16.5. The lowest BCUT2D eigenvalue weighted by Crippen LogP contribution is -2.04. The van der Waals surface area contributed by atoms with Crippen molar-refractivity contribution in [3.05, 3.63) is 96.1 Å². The van der Waals surface area contributed by atoms with E-state index in [-0.39, 0.29) is 0 Å². The lowest BCUT2D eigenvalue weighted by Gasteiger charge is -2.11. The van der Waals surface area contributed by atoms with Gasteiger partial charge in [0.25, 0.3) is 0 Å². The lowest BCUT2D eigenvalue weighted by molar-refractivity contribution is 0.415. The summed E-state index contributed by atoms with van der Waals surface area (Å²) >= 11 is 0. The Morgan fingerprint density at radius 3 is 2.09 bits per heavy atom. The van der Waals surface area contributed by atoms with Crippen molar-refractivity contribution >= 4 is 6.08 Å². The topological polar surface area (TPSA) is 36.3 Å². The smallest absolute Gasteiger partial charge is 0.119 e. The number of ether oxygens (including phenoxy) is 2. The van der Waals surface area contributed by atoms with Crippen LogP contribution in [-0.4, -0.2) is 24.0 Å². The molecular formula is C28H28N2O2. The first-order valence-electron chi connectivity index (χ1n) is 10.8. The highest BCUT2D eigenvalue weighted by molar-refractivity contribution is 5.76. The fourth-order valence-corrected chi connectivity index (χ4v) is 3.98. The largest absolute Gasteiger partial charge is 0.497 e. The van der Waals surface area contributed by atoms with E-state index in [1.165, 1.54) is 11.1 Å². The maximum absolute atomic E-state index is 5.50. The summed E-state index contributed by atoms with van der Waals surface area (Å²) in [5.41, 5.74) is 7.71.